The number of benzene rings is 3. The molecule has 3 aromatic rings. The van der Waals surface area contributed by atoms with Crippen LogP contribution in [0.2, 0.25) is 5.04 Å². The summed E-state index contributed by atoms with van der Waals surface area (Å²) in [6.45, 7) is 13.3. The van der Waals surface area contributed by atoms with Crippen molar-refractivity contribution in [3.05, 3.63) is 112 Å². The quantitative estimate of drug-likeness (QED) is 0.0766. The second kappa shape index (κ2) is 16.7. The van der Waals surface area contributed by atoms with Gasteiger partial charge in [0.15, 0.2) is 5.78 Å². The zero-order valence-electron chi connectivity index (χ0n) is 27.0. The Morgan fingerprint density at radius 2 is 1.48 bits per heavy atom. The Balaban J connectivity index is 1.93. The van der Waals surface area contributed by atoms with E-state index in [1.807, 2.05) is 50.2 Å². The Hall–Kier alpha value is -2.56. The van der Waals surface area contributed by atoms with E-state index in [2.05, 4.69) is 98.0 Å². The number of ketones is 1. The number of hydrogen-bond donors (Lipinski definition) is 1. The van der Waals surface area contributed by atoms with Crippen molar-refractivity contribution in [3.63, 3.8) is 0 Å². The largest absolute Gasteiger partial charge is 0.497 e. The van der Waals surface area contributed by atoms with Gasteiger partial charge in [-0.1, -0.05) is 129 Å². The molecule has 0 unspecified atom stereocenters. The molecule has 0 radical (unpaired) electrons. The predicted octanol–water partition coefficient (Wildman–Crippen LogP) is 7.40. The molecule has 0 aliphatic heterocycles. The molecule has 0 aliphatic carbocycles. The Morgan fingerprint density at radius 3 is 1.95 bits per heavy atom. The monoisotopic (exact) mass is 726 g/mol. The minimum atomic E-state index is -2.72. The van der Waals surface area contributed by atoms with Crippen LogP contribution in [0.5, 0.6) is 5.75 Å². The molecule has 0 saturated heterocycles. The van der Waals surface area contributed by atoms with Gasteiger partial charge < -0.3 is 19.0 Å². The second-order valence-corrected chi connectivity index (χ2v) is 17.3. The smallest absolute Gasteiger partial charge is 0.261 e. The number of Topliss-reactive ketones (excluding diaryl/α,β-unsaturated/α-hetero) is 1. The summed E-state index contributed by atoms with van der Waals surface area (Å²) in [7, 11) is -1.07. The zero-order valence-corrected chi connectivity index (χ0v) is 30.2. The number of hydrogen-bond acceptors (Lipinski definition) is 5. The third-order valence-corrected chi connectivity index (χ3v) is 14.2. The first-order valence-corrected chi connectivity index (χ1v) is 18.2. The lowest BCUT2D eigenvalue weighted by Gasteiger charge is -2.43. The van der Waals surface area contributed by atoms with Crippen molar-refractivity contribution in [2.75, 3.05) is 13.7 Å². The zero-order chi connectivity index (χ0) is 32.3. The van der Waals surface area contributed by atoms with Crippen molar-refractivity contribution in [2.24, 2.45) is 5.92 Å². The van der Waals surface area contributed by atoms with Crippen molar-refractivity contribution in [3.8, 4) is 5.75 Å². The van der Waals surface area contributed by atoms with Gasteiger partial charge in [0.25, 0.3) is 8.32 Å². The van der Waals surface area contributed by atoms with Gasteiger partial charge in [-0.2, -0.15) is 0 Å². The molecule has 0 amide bonds. The molecule has 3 rings (SSSR count). The number of methoxy groups -OCH3 is 1. The van der Waals surface area contributed by atoms with E-state index >= 15 is 0 Å². The van der Waals surface area contributed by atoms with Gasteiger partial charge in [0.1, 0.15) is 5.75 Å². The van der Waals surface area contributed by atoms with Crippen LogP contribution in [0.1, 0.15) is 53.5 Å². The van der Waals surface area contributed by atoms with E-state index < -0.39 is 20.5 Å². The molecule has 1 N–H and O–H groups in total. The topological polar surface area (TPSA) is 65.0 Å². The fourth-order valence-corrected chi connectivity index (χ4v) is 10.4. The van der Waals surface area contributed by atoms with Crippen LogP contribution in [0.25, 0.3) is 0 Å². The van der Waals surface area contributed by atoms with E-state index in [0.717, 1.165) is 16.9 Å². The summed E-state index contributed by atoms with van der Waals surface area (Å²) in [5.41, 5.74) is 2.59. The molecule has 7 heteroatoms. The highest BCUT2D eigenvalue weighted by atomic mass is 127. The SMILES string of the molecule is COc1ccc(CO[C@@H](/C(C)=C/CO[Si](c2ccccc2)(c2ccccc2)C(C)(C)C)[C@@H](C)[C@H](O)CC(=O)/C(C)=C/I)cc1. The molecule has 0 aliphatic rings. The molecule has 236 valence electrons. The summed E-state index contributed by atoms with van der Waals surface area (Å²) >= 11 is 2.06. The molecule has 44 heavy (non-hydrogen) atoms. The molecule has 0 bridgehead atoms. The maximum atomic E-state index is 12.7. The van der Waals surface area contributed by atoms with Gasteiger partial charge in [0.05, 0.1) is 32.5 Å². The number of aliphatic hydroxyl groups is 1. The van der Waals surface area contributed by atoms with Crippen LogP contribution in [0.3, 0.4) is 0 Å². The van der Waals surface area contributed by atoms with Crippen LogP contribution >= 0.6 is 22.6 Å². The molecule has 0 spiro atoms. The summed E-state index contributed by atoms with van der Waals surface area (Å²) in [5, 5.41) is 13.5. The van der Waals surface area contributed by atoms with Crippen molar-refractivity contribution >= 4 is 47.1 Å². The van der Waals surface area contributed by atoms with Gasteiger partial charge in [0, 0.05) is 12.3 Å². The third kappa shape index (κ3) is 9.01. The van der Waals surface area contributed by atoms with Gasteiger partial charge in [0.2, 0.25) is 0 Å². The first-order valence-electron chi connectivity index (χ1n) is 15.1. The lowest BCUT2D eigenvalue weighted by Crippen LogP contribution is -2.66. The van der Waals surface area contributed by atoms with Crippen molar-refractivity contribution in [2.45, 2.75) is 71.8 Å². The van der Waals surface area contributed by atoms with E-state index in [9.17, 15) is 9.90 Å². The van der Waals surface area contributed by atoms with Crippen LogP contribution in [0.4, 0.5) is 0 Å². The Labute approximate surface area is 278 Å². The van der Waals surface area contributed by atoms with E-state index in [-0.39, 0.29) is 23.2 Å². The average molecular weight is 727 g/mol. The number of rotatable bonds is 15. The molecule has 0 heterocycles. The van der Waals surface area contributed by atoms with Gasteiger partial charge in [-0.3, -0.25) is 4.79 Å². The summed E-state index contributed by atoms with van der Waals surface area (Å²) < 4.78 is 20.6. The van der Waals surface area contributed by atoms with Gasteiger partial charge in [-0.25, -0.2) is 0 Å². The predicted molar refractivity (Wildman–Crippen MR) is 191 cm³/mol. The third-order valence-electron chi connectivity index (χ3n) is 8.24. The van der Waals surface area contributed by atoms with Gasteiger partial charge >= 0.3 is 0 Å². The number of allylic oxidation sites excluding steroid dienone is 1. The Kier molecular flexibility index (Phi) is 13.6. The number of carbonyl (C=O) groups is 1. The first-order chi connectivity index (χ1) is 20.9. The molecule has 5 nitrogen and oxygen atoms in total. The second-order valence-electron chi connectivity index (χ2n) is 12.3. The number of ether oxygens (including phenoxy) is 2. The Morgan fingerprint density at radius 1 is 0.932 bits per heavy atom. The average Bonchev–Trinajstić information content (AvgIpc) is 3.03. The van der Waals surface area contributed by atoms with Gasteiger partial charge in [-0.05, 0) is 62.2 Å². The standard InChI is InChI=1S/C37H47IO5Si/c1-27(22-23-43-44(37(4,5)6,32-14-10-8-11-15-32)33-16-12-9-13-17-33)36(29(3)35(40)24-34(39)28(2)25-38)42-26-30-18-20-31(41-7)21-19-30/h8-22,25,29,35-36,40H,23-24,26H2,1-7H3/b27-22+,28-25+/t29-,35+,36-/m0/s1. The molecule has 3 atom stereocenters. The summed E-state index contributed by atoms with van der Waals surface area (Å²) in [6.07, 6.45) is 0.835. The van der Waals surface area contributed by atoms with E-state index in [1.165, 1.54) is 10.4 Å². The maximum absolute atomic E-state index is 12.7. The van der Waals surface area contributed by atoms with E-state index in [1.54, 1.807) is 18.1 Å². The van der Waals surface area contributed by atoms with E-state index in [0.29, 0.717) is 18.8 Å². The highest BCUT2D eigenvalue weighted by Crippen LogP contribution is 2.37. The van der Waals surface area contributed by atoms with Crippen molar-refractivity contribution in [1.29, 1.82) is 0 Å². The fraction of sp³-hybridized carbons (Fsp3) is 0.378. The van der Waals surface area contributed by atoms with Crippen LogP contribution in [0, 0.1) is 5.92 Å². The molecular weight excluding hydrogens is 679 g/mol. The Bertz CT molecular complexity index is 1340. The highest BCUT2D eigenvalue weighted by molar-refractivity contribution is 14.1. The molecule has 0 fully saturated rings. The summed E-state index contributed by atoms with van der Waals surface area (Å²) in [5.74, 6) is 0.385. The lowest BCUT2D eigenvalue weighted by atomic mass is 9.89. The first kappa shape index (κ1) is 35.9. The summed E-state index contributed by atoms with van der Waals surface area (Å²) in [6, 6.07) is 28.9. The maximum Gasteiger partial charge on any atom is 0.261 e. The molecule has 3 aromatic carbocycles. The molecule has 0 aromatic heterocycles. The number of aliphatic hydroxyl groups excluding tert-OH is 1. The van der Waals surface area contributed by atoms with Crippen molar-refractivity contribution in [1.82, 2.24) is 0 Å². The normalized spacial score (nSPS) is 15.0. The minimum absolute atomic E-state index is 0.0424. The van der Waals surface area contributed by atoms with Crippen molar-refractivity contribution < 1.29 is 23.8 Å². The molecular formula is C37H47IO5Si. The van der Waals surface area contributed by atoms with Crippen LogP contribution < -0.4 is 15.1 Å². The van der Waals surface area contributed by atoms with E-state index in [4.69, 9.17) is 13.9 Å². The van der Waals surface area contributed by atoms with Crippen LogP contribution in [-0.2, 0) is 20.6 Å². The lowest BCUT2D eigenvalue weighted by molar-refractivity contribution is -0.119. The van der Waals surface area contributed by atoms with Gasteiger partial charge in [-0.15, -0.1) is 0 Å². The summed E-state index contributed by atoms with van der Waals surface area (Å²) in [4.78, 5) is 12.7. The number of carbonyl (C=O) groups excluding carboxylic acids is 1. The molecule has 0 saturated carbocycles. The minimum Gasteiger partial charge on any atom is -0.497 e. The van der Waals surface area contributed by atoms with Crippen LogP contribution in [-0.4, -0.2) is 45.1 Å². The number of halogens is 1. The van der Waals surface area contributed by atoms with Crippen LogP contribution in [0.15, 0.2) is 106 Å². The highest BCUT2D eigenvalue weighted by Gasteiger charge is 2.50. The fourth-order valence-electron chi connectivity index (χ4n) is 5.58.